The van der Waals surface area contributed by atoms with Crippen LogP contribution < -0.4 is 5.32 Å². The van der Waals surface area contributed by atoms with Crippen molar-refractivity contribution in [2.45, 2.75) is 59.4 Å². The van der Waals surface area contributed by atoms with Gasteiger partial charge in [-0.1, -0.05) is 40.0 Å². The molecule has 3 nitrogen and oxygen atoms in total. The zero-order valence-electron chi connectivity index (χ0n) is 11.4. The van der Waals surface area contributed by atoms with Crippen LogP contribution in [0.1, 0.15) is 53.4 Å². The maximum Gasteiger partial charge on any atom is 0.237 e. The molecule has 0 rings (SSSR count). The first kappa shape index (κ1) is 15.4. The topological polar surface area (TPSA) is 32.3 Å². The number of carbonyl (C=O) groups is 1. The predicted octanol–water partition coefficient (Wildman–Crippen LogP) is 2.41. The molecule has 0 aromatic heterocycles. The Balaban J connectivity index is 3.70. The van der Waals surface area contributed by atoms with Crippen LogP contribution in [0.3, 0.4) is 0 Å². The number of rotatable bonds is 9. The Morgan fingerprint density at radius 2 is 1.75 bits per heavy atom. The van der Waals surface area contributed by atoms with E-state index in [1.807, 2.05) is 6.92 Å². The molecule has 1 amide bonds. The van der Waals surface area contributed by atoms with Crippen LogP contribution in [0.25, 0.3) is 0 Å². The van der Waals surface area contributed by atoms with Gasteiger partial charge in [0.15, 0.2) is 0 Å². The average molecular weight is 228 g/mol. The van der Waals surface area contributed by atoms with E-state index in [1.54, 1.807) is 0 Å². The molecule has 0 aliphatic carbocycles. The second-order valence-electron chi connectivity index (χ2n) is 4.25. The number of nitrogens with zero attached hydrogens (tertiary/aromatic N) is 1. The van der Waals surface area contributed by atoms with Crippen LogP contribution in [-0.2, 0) is 4.79 Å². The summed E-state index contributed by atoms with van der Waals surface area (Å²) in [5.41, 5.74) is 0. The normalized spacial score (nSPS) is 12.8. The van der Waals surface area contributed by atoms with E-state index < -0.39 is 0 Å². The summed E-state index contributed by atoms with van der Waals surface area (Å²) in [5.74, 6) is 0.167. The summed E-state index contributed by atoms with van der Waals surface area (Å²) in [6.07, 6.45) is 4.83. The van der Waals surface area contributed by atoms with E-state index in [-0.39, 0.29) is 11.9 Å². The monoisotopic (exact) mass is 228 g/mol. The Morgan fingerprint density at radius 1 is 1.12 bits per heavy atom. The molecule has 0 spiro atoms. The first-order valence-corrected chi connectivity index (χ1v) is 6.69. The summed E-state index contributed by atoms with van der Waals surface area (Å²) in [4.78, 5) is 14.0. The van der Waals surface area contributed by atoms with Gasteiger partial charge in [-0.25, -0.2) is 0 Å². The Morgan fingerprint density at radius 3 is 2.25 bits per heavy atom. The van der Waals surface area contributed by atoms with Crippen molar-refractivity contribution in [2.75, 3.05) is 19.6 Å². The molecule has 0 saturated heterocycles. The van der Waals surface area contributed by atoms with Crippen molar-refractivity contribution in [3.05, 3.63) is 0 Å². The van der Waals surface area contributed by atoms with Crippen LogP contribution in [0, 0.1) is 0 Å². The van der Waals surface area contributed by atoms with E-state index in [0.29, 0.717) is 0 Å². The second-order valence-corrected chi connectivity index (χ2v) is 4.25. The lowest BCUT2D eigenvalue weighted by Gasteiger charge is -2.25. The lowest BCUT2D eigenvalue weighted by Crippen LogP contribution is -2.45. The maximum atomic E-state index is 11.8. The molecule has 0 aliphatic heterocycles. The third kappa shape index (κ3) is 6.11. The first-order valence-electron chi connectivity index (χ1n) is 6.69. The van der Waals surface area contributed by atoms with Crippen LogP contribution in [0.15, 0.2) is 0 Å². The fourth-order valence-corrected chi connectivity index (χ4v) is 1.85. The molecule has 0 heterocycles. The number of nitrogens with one attached hydrogen (secondary N) is 1. The highest BCUT2D eigenvalue weighted by molar-refractivity contribution is 5.81. The lowest BCUT2D eigenvalue weighted by atomic mass is 10.2. The van der Waals surface area contributed by atoms with Gasteiger partial charge in [0.1, 0.15) is 0 Å². The van der Waals surface area contributed by atoms with Crippen molar-refractivity contribution in [3.63, 3.8) is 0 Å². The second kappa shape index (κ2) is 9.64. The van der Waals surface area contributed by atoms with Crippen molar-refractivity contribution in [3.8, 4) is 0 Å². The molecular formula is C13H28N2O. The SMILES string of the molecule is CCCCCCNC(=O)C(C)N(CC)CC. The van der Waals surface area contributed by atoms with E-state index in [2.05, 4.69) is 31.0 Å². The third-order valence-corrected chi connectivity index (χ3v) is 3.07. The zero-order chi connectivity index (χ0) is 12.4. The van der Waals surface area contributed by atoms with Crippen LogP contribution in [-0.4, -0.2) is 36.5 Å². The van der Waals surface area contributed by atoms with Crippen molar-refractivity contribution in [2.24, 2.45) is 0 Å². The predicted molar refractivity (Wildman–Crippen MR) is 69.5 cm³/mol. The quantitative estimate of drug-likeness (QED) is 0.615. The lowest BCUT2D eigenvalue weighted by molar-refractivity contribution is -0.125. The minimum Gasteiger partial charge on any atom is -0.355 e. The molecule has 0 aromatic rings. The average Bonchev–Trinajstić information content (AvgIpc) is 2.30. The highest BCUT2D eigenvalue weighted by atomic mass is 16.2. The van der Waals surface area contributed by atoms with Gasteiger partial charge in [0.25, 0.3) is 0 Å². The molecule has 16 heavy (non-hydrogen) atoms. The van der Waals surface area contributed by atoms with Crippen molar-refractivity contribution in [1.29, 1.82) is 0 Å². The summed E-state index contributed by atoms with van der Waals surface area (Å²) in [7, 11) is 0. The molecule has 3 heteroatoms. The molecule has 0 bridgehead atoms. The number of hydrogen-bond acceptors (Lipinski definition) is 2. The molecule has 0 saturated carbocycles. The summed E-state index contributed by atoms with van der Waals surface area (Å²) in [6, 6.07) is 0.00109. The molecule has 0 aromatic carbocycles. The molecule has 96 valence electrons. The maximum absolute atomic E-state index is 11.8. The van der Waals surface area contributed by atoms with Gasteiger partial charge in [-0.15, -0.1) is 0 Å². The van der Waals surface area contributed by atoms with Gasteiger partial charge in [-0.2, -0.15) is 0 Å². The van der Waals surface area contributed by atoms with Crippen molar-refractivity contribution < 1.29 is 4.79 Å². The molecule has 1 atom stereocenters. The zero-order valence-corrected chi connectivity index (χ0v) is 11.4. The Kier molecular flexibility index (Phi) is 9.30. The van der Waals surface area contributed by atoms with Gasteiger partial charge in [0.05, 0.1) is 6.04 Å². The fraction of sp³-hybridized carbons (Fsp3) is 0.923. The third-order valence-electron chi connectivity index (χ3n) is 3.07. The summed E-state index contributed by atoms with van der Waals surface area (Å²) in [5, 5.41) is 3.01. The van der Waals surface area contributed by atoms with E-state index in [0.717, 1.165) is 26.1 Å². The number of carbonyl (C=O) groups excluding carboxylic acids is 1. The van der Waals surface area contributed by atoms with Gasteiger partial charge >= 0.3 is 0 Å². The molecule has 1 N–H and O–H groups in total. The fourth-order valence-electron chi connectivity index (χ4n) is 1.85. The molecular weight excluding hydrogens is 200 g/mol. The number of unbranched alkanes of at least 4 members (excludes halogenated alkanes) is 3. The minimum absolute atomic E-state index is 0.00109. The van der Waals surface area contributed by atoms with Gasteiger partial charge in [0, 0.05) is 6.54 Å². The van der Waals surface area contributed by atoms with Crippen LogP contribution in [0.2, 0.25) is 0 Å². The van der Waals surface area contributed by atoms with Crippen LogP contribution in [0.4, 0.5) is 0 Å². The van der Waals surface area contributed by atoms with Crippen LogP contribution in [0.5, 0.6) is 0 Å². The van der Waals surface area contributed by atoms with Crippen molar-refractivity contribution in [1.82, 2.24) is 10.2 Å². The summed E-state index contributed by atoms with van der Waals surface area (Å²) >= 11 is 0. The highest BCUT2D eigenvalue weighted by Gasteiger charge is 2.17. The Bertz CT molecular complexity index is 179. The van der Waals surface area contributed by atoms with E-state index in [4.69, 9.17) is 0 Å². The smallest absolute Gasteiger partial charge is 0.237 e. The minimum atomic E-state index is 0.00109. The van der Waals surface area contributed by atoms with Crippen LogP contribution >= 0.6 is 0 Å². The molecule has 1 unspecified atom stereocenters. The molecule has 0 fully saturated rings. The van der Waals surface area contributed by atoms with Gasteiger partial charge < -0.3 is 5.32 Å². The Labute approximate surface area is 101 Å². The summed E-state index contributed by atoms with van der Waals surface area (Å²) in [6.45, 7) is 11.0. The van der Waals surface area contributed by atoms with Gasteiger partial charge in [-0.05, 0) is 26.4 Å². The van der Waals surface area contributed by atoms with E-state index in [1.165, 1.54) is 19.3 Å². The van der Waals surface area contributed by atoms with E-state index >= 15 is 0 Å². The number of amides is 1. The van der Waals surface area contributed by atoms with E-state index in [9.17, 15) is 4.79 Å². The highest BCUT2D eigenvalue weighted by Crippen LogP contribution is 2.00. The first-order chi connectivity index (χ1) is 7.67. The van der Waals surface area contributed by atoms with Gasteiger partial charge in [0.2, 0.25) is 5.91 Å². The standard InChI is InChI=1S/C13H28N2O/c1-5-8-9-10-11-14-13(16)12(4)15(6-2)7-3/h12H,5-11H2,1-4H3,(H,14,16). The summed E-state index contributed by atoms with van der Waals surface area (Å²) < 4.78 is 0. The Hall–Kier alpha value is -0.570. The molecule has 0 aliphatic rings. The largest absolute Gasteiger partial charge is 0.355 e. The molecule has 0 radical (unpaired) electrons. The number of hydrogen-bond donors (Lipinski definition) is 1. The van der Waals surface area contributed by atoms with Gasteiger partial charge in [-0.3, -0.25) is 9.69 Å². The van der Waals surface area contributed by atoms with Crippen molar-refractivity contribution >= 4 is 5.91 Å². The number of likely N-dealkylation sites (N-methyl/N-ethyl adjacent to an activating group) is 1.